The quantitative estimate of drug-likeness (QED) is 0.800. The van der Waals surface area contributed by atoms with Gasteiger partial charge in [-0.1, -0.05) is 13.8 Å². The summed E-state index contributed by atoms with van der Waals surface area (Å²) in [7, 11) is 0. The van der Waals surface area contributed by atoms with Gasteiger partial charge in [0.25, 0.3) is 0 Å². The molecule has 0 aliphatic carbocycles. The molecule has 0 aliphatic rings. The summed E-state index contributed by atoms with van der Waals surface area (Å²) in [5.41, 5.74) is 6.61. The Morgan fingerprint density at radius 1 is 1.38 bits per heavy atom. The van der Waals surface area contributed by atoms with Gasteiger partial charge in [0.1, 0.15) is 5.69 Å². The van der Waals surface area contributed by atoms with E-state index in [9.17, 15) is 0 Å². The minimum atomic E-state index is 0.272. The standard InChI is InChI=1S/C8H16N4S/c1-4-12(5-2)6(3)7-8(9)11-13-10-7/h6H,4-5H2,1-3H3,(H2,9,11). The van der Waals surface area contributed by atoms with Gasteiger partial charge >= 0.3 is 0 Å². The molecule has 0 bridgehead atoms. The minimum absolute atomic E-state index is 0.272. The van der Waals surface area contributed by atoms with Crippen molar-refractivity contribution < 1.29 is 0 Å². The number of nitrogen functional groups attached to an aromatic ring is 1. The number of rotatable bonds is 4. The highest BCUT2D eigenvalue weighted by Crippen LogP contribution is 2.22. The van der Waals surface area contributed by atoms with Crippen LogP contribution >= 0.6 is 11.7 Å². The zero-order valence-corrected chi connectivity index (χ0v) is 9.14. The monoisotopic (exact) mass is 200 g/mol. The molecule has 0 saturated carbocycles. The highest BCUT2D eigenvalue weighted by molar-refractivity contribution is 6.99. The SMILES string of the molecule is CCN(CC)C(C)c1nsnc1N. The van der Waals surface area contributed by atoms with Crippen LogP contribution < -0.4 is 5.73 Å². The Hall–Kier alpha value is -0.680. The lowest BCUT2D eigenvalue weighted by Gasteiger charge is -2.24. The number of anilines is 1. The van der Waals surface area contributed by atoms with Crippen molar-refractivity contribution in [2.45, 2.75) is 26.8 Å². The zero-order chi connectivity index (χ0) is 9.84. The molecule has 0 aromatic carbocycles. The number of hydrogen-bond acceptors (Lipinski definition) is 5. The summed E-state index contributed by atoms with van der Waals surface area (Å²) in [6.45, 7) is 8.40. The number of aromatic nitrogens is 2. The summed E-state index contributed by atoms with van der Waals surface area (Å²) in [6.07, 6.45) is 0. The molecular weight excluding hydrogens is 184 g/mol. The summed E-state index contributed by atoms with van der Waals surface area (Å²) in [5, 5.41) is 0. The van der Waals surface area contributed by atoms with Gasteiger partial charge in [0, 0.05) is 0 Å². The fourth-order valence-electron chi connectivity index (χ4n) is 1.44. The molecule has 74 valence electrons. The van der Waals surface area contributed by atoms with Gasteiger partial charge in [-0.2, -0.15) is 8.75 Å². The van der Waals surface area contributed by atoms with E-state index in [1.807, 2.05) is 0 Å². The van der Waals surface area contributed by atoms with Gasteiger partial charge in [-0.15, -0.1) is 0 Å². The second-order valence-corrected chi connectivity index (χ2v) is 3.46. The Morgan fingerprint density at radius 2 is 2.00 bits per heavy atom. The van der Waals surface area contributed by atoms with E-state index in [-0.39, 0.29) is 6.04 Å². The van der Waals surface area contributed by atoms with E-state index in [0.717, 1.165) is 18.8 Å². The van der Waals surface area contributed by atoms with Crippen molar-refractivity contribution in [2.75, 3.05) is 18.8 Å². The van der Waals surface area contributed by atoms with E-state index >= 15 is 0 Å². The number of nitrogens with two attached hydrogens (primary N) is 1. The molecule has 1 aromatic rings. The predicted molar refractivity (Wildman–Crippen MR) is 55.7 cm³/mol. The molecule has 13 heavy (non-hydrogen) atoms. The average molecular weight is 200 g/mol. The number of hydrogen-bond donors (Lipinski definition) is 1. The third kappa shape index (κ3) is 2.16. The van der Waals surface area contributed by atoms with E-state index in [4.69, 9.17) is 5.73 Å². The van der Waals surface area contributed by atoms with Crippen molar-refractivity contribution in [2.24, 2.45) is 0 Å². The molecule has 1 unspecified atom stereocenters. The first-order valence-electron chi connectivity index (χ1n) is 4.52. The van der Waals surface area contributed by atoms with Crippen LogP contribution in [0.5, 0.6) is 0 Å². The molecule has 4 nitrogen and oxygen atoms in total. The topological polar surface area (TPSA) is 55.0 Å². The average Bonchev–Trinajstić information content (AvgIpc) is 2.53. The van der Waals surface area contributed by atoms with E-state index < -0.39 is 0 Å². The molecule has 1 aromatic heterocycles. The van der Waals surface area contributed by atoms with Crippen molar-refractivity contribution >= 4 is 17.5 Å². The maximum atomic E-state index is 5.70. The van der Waals surface area contributed by atoms with Crippen molar-refractivity contribution in [1.82, 2.24) is 13.6 Å². The van der Waals surface area contributed by atoms with Crippen LogP contribution in [-0.2, 0) is 0 Å². The van der Waals surface area contributed by atoms with Crippen LogP contribution in [-0.4, -0.2) is 26.7 Å². The highest BCUT2D eigenvalue weighted by atomic mass is 32.1. The minimum Gasteiger partial charge on any atom is -0.381 e. The first-order valence-corrected chi connectivity index (χ1v) is 5.25. The molecule has 0 fully saturated rings. The summed E-state index contributed by atoms with van der Waals surface area (Å²) in [5.74, 6) is 0.574. The second kappa shape index (κ2) is 4.53. The van der Waals surface area contributed by atoms with Gasteiger partial charge in [0.2, 0.25) is 0 Å². The maximum Gasteiger partial charge on any atom is 0.162 e. The molecule has 0 amide bonds. The van der Waals surface area contributed by atoms with Gasteiger partial charge in [-0.3, -0.25) is 4.90 Å². The van der Waals surface area contributed by atoms with Gasteiger partial charge in [-0.25, -0.2) is 0 Å². The van der Waals surface area contributed by atoms with Crippen LogP contribution in [0.2, 0.25) is 0 Å². The number of nitrogens with zero attached hydrogens (tertiary/aromatic N) is 3. The van der Waals surface area contributed by atoms with Crippen molar-refractivity contribution in [1.29, 1.82) is 0 Å². The second-order valence-electron chi connectivity index (χ2n) is 2.93. The Morgan fingerprint density at radius 3 is 2.38 bits per heavy atom. The van der Waals surface area contributed by atoms with Crippen LogP contribution in [0.15, 0.2) is 0 Å². The molecule has 0 saturated heterocycles. The first-order chi connectivity index (χ1) is 6.20. The largest absolute Gasteiger partial charge is 0.381 e. The van der Waals surface area contributed by atoms with E-state index in [1.54, 1.807) is 0 Å². The molecule has 1 atom stereocenters. The lowest BCUT2D eigenvalue weighted by atomic mass is 10.2. The van der Waals surface area contributed by atoms with E-state index in [0.29, 0.717) is 5.82 Å². The van der Waals surface area contributed by atoms with Gasteiger partial charge in [0.05, 0.1) is 17.8 Å². The Labute approximate surface area is 83.1 Å². The van der Waals surface area contributed by atoms with Gasteiger partial charge in [0.15, 0.2) is 5.82 Å². The van der Waals surface area contributed by atoms with Crippen LogP contribution in [0.3, 0.4) is 0 Å². The first kappa shape index (κ1) is 10.4. The van der Waals surface area contributed by atoms with Crippen LogP contribution in [0.1, 0.15) is 32.5 Å². The lowest BCUT2D eigenvalue weighted by molar-refractivity contribution is 0.232. The summed E-state index contributed by atoms with van der Waals surface area (Å²) >= 11 is 1.18. The highest BCUT2D eigenvalue weighted by Gasteiger charge is 2.17. The van der Waals surface area contributed by atoms with Crippen molar-refractivity contribution in [3.8, 4) is 0 Å². The third-order valence-electron chi connectivity index (χ3n) is 2.30. The van der Waals surface area contributed by atoms with Gasteiger partial charge in [-0.05, 0) is 20.0 Å². The summed E-state index contributed by atoms with van der Waals surface area (Å²) in [6, 6.07) is 0.272. The van der Waals surface area contributed by atoms with E-state index in [1.165, 1.54) is 11.7 Å². The molecule has 0 aliphatic heterocycles. The molecule has 1 rings (SSSR count). The van der Waals surface area contributed by atoms with Crippen LogP contribution in [0.4, 0.5) is 5.82 Å². The summed E-state index contributed by atoms with van der Waals surface area (Å²) in [4.78, 5) is 2.30. The third-order valence-corrected chi connectivity index (χ3v) is 2.85. The van der Waals surface area contributed by atoms with Crippen molar-refractivity contribution in [3.05, 3.63) is 5.69 Å². The fraction of sp³-hybridized carbons (Fsp3) is 0.750. The van der Waals surface area contributed by atoms with Crippen LogP contribution in [0, 0.1) is 0 Å². The van der Waals surface area contributed by atoms with E-state index in [2.05, 4.69) is 34.4 Å². The molecule has 5 heteroatoms. The predicted octanol–water partition coefficient (Wildman–Crippen LogP) is 1.52. The molecule has 1 heterocycles. The Kier molecular flexibility index (Phi) is 3.62. The molecule has 0 spiro atoms. The molecular formula is C8H16N4S. The van der Waals surface area contributed by atoms with Crippen LogP contribution in [0.25, 0.3) is 0 Å². The van der Waals surface area contributed by atoms with Gasteiger partial charge < -0.3 is 5.73 Å². The lowest BCUT2D eigenvalue weighted by Crippen LogP contribution is -2.27. The fourth-order valence-corrected chi connectivity index (χ4v) is 1.99. The summed E-state index contributed by atoms with van der Waals surface area (Å²) < 4.78 is 8.17. The maximum absolute atomic E-state index is 5.70. The van der Waals surface area contributed by atoms with Crippen molar-refractivity contribution in [3.63, 3.8) is 0 Å². The zero-order valence-electron chi connectivity index (χ0n) is 8.32. The Balaban J connectivity index is 2.77. The smallest absolute Gasteiger partial charge is 0.162 e. The Bertz CT molecular complexity index is 256. The molecule has 0 radical (unpaired) electrons. The molecule has 2 N–H and O–H groups in total. The normalized spacial score (nSPS) is 13.5.